The first-order valence-corrected chi connectivity index (χ1v) is 7.91. The summed E-state index contributed by atoms with van der Waals surface area (Å²) in [6.07, 6.45) is -0.642. The van der Waals surface area contributed by atoms with E-state index in [1.807, 2.05) is 25.7 Å². The average Bonchev–Trinajstić information content (AvgIpc) is 2.45. The van der Waals surface area contributed by atoms with Crippen molar-refractivity contribution < 1.29 is 14.6 Å². The van der Waals surface area contributed by atoms with Gasteiger partial charge in [-0.15, -0.1) is 0 Å². The van der Waals surface area contributed by atoms with E-state index in [1.165, 1.54) is 0 Å². The van der Waals surface area contributed by atoms with Crippen LogP contribution in [0.4, 0.5) is 5.82 Å². The van der Waals surface area contributed by atoms with E-state index in [-0.39, 0.29) is 22.5 Å². The van der Waals surface area contributed by atoms with Crippen LogP contribution < -0.4 is 9.64 Å². The molecular weight excluding hydrogens is 329 g/mol. The summed E-state index contributed by atoms with van der Waals surface area (Å²) in [5.41, 5.74) is -0.293. The third kappa shape index (κ3) is 4.35. The highest BCUT2D eigenvalue weighted by Gasteiger charge is 2.26. The molecule has 1 aromatic heterocycles. The molecule has 22 heavy (non-hydrogen) atoms. The van der Waals surface area contributed by atoms with E-state index in [0.717, 1.165) is 0 Å². The van der Waals surface area contributed by atoms with E-state index >= 15 is 0 Å². The molecule has 1 aliphatic rings. The van der Waals surface area contributed by atoms with Gasteiger partial charge in [-0.05, 0) is 17.0 Å². The molecule has 0 amide bonds. The Morgan fingerprint density at radius 2 is 1.91 bits per heavy atom. The van der Waals surface area contributed by atoms with Gasteiger partial charge in [-0.2, -0.15) is 4.98 Å². The standard InChI is InChI=1S/C14H21Cl2N3O3/c1-14(2,3)9(20)8-22-10-11(15)17-13(16)18-12(10)19-4-6-21-7-5-19/h9,20H,4-8H2,1-3H3/t9-/m1/s1. The Morgan fingerprint density at radius 1 is 1.27 bits per heavy atom. The van der Waals surface area contributed by atoms with E-state index in [2.05, 4.69) is 9.97 Å². The molecule has 0 saturated carbocycles. The van der Waals surface area contributed by atoms with Crippen LogP contribution in [0.5, 0.6) is 5.75 Å². The van der Waals surface area contributed by atoms with Crippen molar-refractivity contribution in [1.82, 2.24) is 9.97 Å². The zero-order valence-electron chi connectivity index (χ0n) is 13.0. The van der Waals surface area contributed by atoms with Crippen molar-refractivity contribution in [2.24, 2.45) is 5.41 Å². The van der Waals surface area contributed by atoms with Crippen LogP contribution in [0.2, 0.25) is 10.4 Å². The molecule has 0 unspecified atom stereocenters. The number of rotatable bonds is 4. The zero-order chi connectivity index (χ0) is 16.3. The summed E-state index contributed by atoms with van der Waals surface area (Å²) in [4.78, 5) is 10.1. The van der Waals surface area contributed by atoms with Crippen molar-refractivity contribution in [3.63, 3.8) is 0 Å². The number of aromatic nitrogens is 2. The molecule has 124 valence electrons. The van der Waals surface area contributed by atoms with Gasteiger partial charge < -0.3 is 19.5 Å². The minimum absolute atomic E-state index is 0.0650. The largest absolute Gasteiger partial charge is 0.484 e. The highest BCUT2D eigenvalue weighted by atomic mass is 35.5. The zero-order valence-corrected chi connectivity index (χ0v) is 14.5. The first-order valence-electron chi connectivity index (χ1n) is 7.15. The molecular formula is C14H21Cl2N3O3. The lowest BCUT2D eigenvalue weighted by molar-refractivity contribution is 0.0217. The third-order valence-corrected chi connectivity index (χ3v) is 3.90. The van der Waals surface area contributed by atoms with Crippen LogP contribution in [0, 0.1) is 5.41 Å². The second-order valence-corrected chi connectivity index (χ2v) is 6.92. The lowest BCUT2D eigenvalue weighted by atomic mass is 9.90. The van der Waals surface area contributed by atoms with E-state index < -0.39 is 6.10 Å². The number of anilines is 1. The van der Waals surface area contributed by atoms with E-state index in [9.17, 15) is 5.11 Å². The number of ether oxygens (including phenoxy) is 2. The summed E-state index contributed by atoms with van der Waals surface area (Å²) in [7, 11) is 0. The maximum atomic E-state index is 10.1. The van der Waals surface area contributed by atoms with Crippen molar-refractivity contribution in [2.45, 2.75) is 26.9 Å². The fourth-order valence-corrected chi connectivity index (χ4v) is 2.34. The lowest BCUT2D eigenvalue weighted by Crippen LogP contribution is -2.37. The van der Waals surface area contributed by atoms with E-state index in [0.29, 0.717) is 37.9 Å². The molecule has 1 fully saturated rings. The molecule has 0 bridgehead atoms. The maximum absolute atomic E-state index is 10.1. The topological polar surface area (TPSA) is 67.7 Å². The van der Waals surface area contributed by atoms with Crippen molar-refractivity contribution >= 4 is 29.0 Å². The van der Waals surface area contributed by atoms with Gasteiger partial charge in [0.25, 0.3) is 0 Å². The van der Waals surface area contributed by atoms with E-state index in [4.69, 9.17) is 32.7 Å². The van der Waals surface area contributed by atoms with Crippen molar-refractivity contribution in [1.29, 1.82) is 0 Å². The molecule has 0 spiro atoms. The molecule has 0 aromatic carbocycles. The van der Waals surface area contributed by atoms with Gasteiger partial charge in [-0.1, -0.05) is 32.4 Å². The monoisotopic (exact) mass is 349 g/mol. The van der Waals surface area contributed by atoms with Gasteiger partial charge >= 0.3 is 0 Å². The Kier molecular flexibility index (Phi) is 5.71. The van der Waals surface area contributed by atoms with Crippen LogP contribution in [-0.2, 0) is 4.74 Å². The molecule has 6 nitrogen and oxygen atoms in total. The van der Waals surface area contributed by atoms with Crippen LogP contribution in [0.15, 0.2) is 0 Å². The second-order valence-electron chi connectivity index (χ2n) is 6.23. The van der Waals surface area contributed by atoms with Gasteiger partial charge in [-0.3, -0.25) is 0 Å². The van der Waals surface area contributed by atoms with Crippen molar-refractivity contribution in [2.75, 3.05) is 37.8 Å². The molecule has 1 aliphatic heterocycles. The summed E-state index contributed by atoms with van der Waals surface area (Å²) in [5.74, 6) is 0.880. The van der Waals surface area contributed by atoms with Crippen molar-refractivity contribution in [3.05, 3.63) is 10.4 Å². The van der Waals surface area contributed by atoms with Crippen LogP contribution >= 0.6 is 23.2 Å². The quantitative estimate of drug-likeness (QED) is 0.664. The highest BCUT2D eigenvalue weighted by Crippen LogP contribution is 2.35. The summed E-state index contributed by atoms with van der Waals surface area (Å²) >= 11 is 12.1. The van der Waals surface area contributed by atoms with Gasteiger partial charge in [0.2, 0.25) is 5.28 Å². The maximum Gasteiger partial charge on any atom is 0.226 e. The number of morpholine rings is 1. The number of halogens is 2. The first kappa shape index (κ1) is 17.5. The fourth-order valence-electron chi connectivity index (χ4n) is 1.91. The minimum Gasteiger partial charge on any atom is -0.484 e. The number of aliphatic hydroxyl groups is 1. The van der Waals surface area contributed by atoms with Crippen LogP contribution in [0.3, 0.4) is 0 Å². The second kappa shape index (κ2) is 7.17. The molecule has 2 heterocycles. The number of aliphatic hydroxyl groups excluding tert-OH is 1. The van der Waals surface area contributed by atoms with Gasteiger partial charge in [0.1, 0.15) is 6.61 Å². The van der Waals surface area contributed by atoms with E-state index in [1.54, 1.807) is 0 Å². The Morgan fingerprint density at radius 3 is 2.50 bits per heavy atom. The van der Waals surface area contributed by atoms with Crippen molar-refractivity contribution in [3.8, 4) is 5.75 Å². The summed E-state index contributed by atoms with van der Waals surface area (Å²) < 4.78 is 11.0. The third-order valence-electron chi connectivity index (χ3n) is 3.47. The molecule has 0 radical (unpaired) electrons. The Balaban J connectivity index is 2.21. The van der Waals surface area contributed by atoms with Gasteiger partial charge in [-0.25, -0.2) is 4.98 Å². The molecule has 1 atom stereocenters. The van der Waals surface area contributed by atoms with Crippen LogP contribution in [0.1, 0.15) is 20.8 Å². The number of nitrogens with zero attached hydrogens (tertiary/aromatic N) is 3. The van der Waals surface area contributed by atoms with Gasteiger partial charge in [0.05, 0.1) is 19.3 Å². The molecule has 1 saturated heterocycles. The summed E-state index contributed by atoms with van der Waals surface area (Å²) in [6, 6.07) is 0. The van der Waals surface area contributed by atoms with Crippen LogP contribution in [-0.4, -0.2) is 54.1 Å². The molecule has 2 rings (SSSR count). The Labute approximate surface area is 140 Å². The number of hydrogen-bond acceptors (Lipinski definition) is 6. The average molecular weight is 350 g/mol. The van der Waals surface area contributed by atoms with Gasteiger partial charge in [0.15, 0.2) is 16.7 Å². The minimum atomic E-state index is -0.642. The molecule has 1 N–H and O–H groups in total. The predicted molar refractivity (Wildman–Crippen MR) is 86.0 cm³/mol. The smallest absolute Gasteiger partial charge is 0.226 e. The fraction of sp³-hybridized carbons (Fsp3) is 0.714. The summed E-state index contributed by atoms with van der Waals surface area (Å²) in [5, 5.41) is 10.3. The molecule has 0 aliphatic carbocycles. The first-order chi connectivity index (χ1) is 10.3. The normalized spacial score (nSPS) is 17.5. The SMILES string of the molecule is CC(C)(C)[C@H](O)COc1c(Cl)nc(Cl)nc1N1CCOCC1. The number of hydrogen-bond donors (Lipinski definition) is 1. The lowest BCUT2D eigenvalue weighted by Gasteiger charge is -2.30. The Bertz CT molecular complexity index is 517. The predicted octanol–water partition coefficient (Wildman–Crippen LogP) is 2.41. The summed E-state index contributed by atoms with van der Waals surface area (Å²) in [6.45, 7) is 8.44. The Hall–Kier alpha value is -0.820. The molecule has 1 aromatic rings. The molecule has 8 heteroatoms. The highest BCUT2D eigenvalue weighted by molar-refractivity contribution is 6.33. The van der Waals surface area contributed by atoms with Gasteiger partial charge in [0, 0.05) is 13.1 Å². The van der Waals surface area contributed by atoms with Crippen LogP contribution in [0.25, 0.3) is 0 Å².